The van der Waals surface area contributed by atoms with Gasteiger partial charge in [-0.05, 0) is 61.5 Å². The summed E-state index contributed by atoms with van der Waals surface area (Å²) < 4.78 is 1.86. The standard InChI is InChI=1S/C23H19ClN4O3/c1-15-4-8-17(9-5-15)25-21(29)14-28-22(30)20(26-23(28)31)13-19-3-2-12-27(19)18-10-6-16(24)7-11-18/h2-13H,14H2,1H3,(H,25,29)(H,26,31)/b20-13+. The molecule has 0 unspecified atom stereocenters. The number of rotatable bonds is 5. The minimum absolute atomic E-state index is 0.0991. The number of hydrogen-bond donors (Lipinski definition) is 2. The molecule has 1 fully saturated rings. The van der Waals surface area contributed by atoms with Gasteiger partial charge >= 0.3 is 6.03 Å². The molecule has 2 heterocycles. The van der Waals surface area contributed by atoms with Gasteiger partial charge < -0.3 is 15.2 Å². The van der Waals surface area contributed by atoms with E-state index in [4.69, 9.17) is 11.6 Å². The van der Waals surface area contributed by atoms with E-state index in [1.54, 1.807) is 30.3 Å². The highest BCUT2D eigenvalue weighted by Crippen LogP contribution is 2.20. The second-order valence-corrected chi connectivity index (χ2v) is 7.51. The van der Waals surface area contributed by atoms with E-state index in [9.17, 15) is 14.4 Å². The smallest absolute Gasteiger partial charge is 0.325 e. The third-order valence-corrected chi connectivity index (χ3v) is 5.03. The summed E-state index contributed by atoms with van der Waals surface area (Å²) in [5, 5.41) is 5.85. The maximum atomic E-state index is 12.7. The number of anilines is 1. The lowest BCUT2D eigenvalue weighted by Crippen LogP contribution is -2.38. The third-order valence-electron chi connectivity index (χ3n) is 4.78. The molecule has 0 spiro atoms. The summed E-state index contributed by atoms with van der Waals surface area (Å²) in [5.74, 6) is -1.02. The van der Waals surface area contributed by atoms with Crippen LogP contribution < -0.4 is 10.6 Å². The molecular formula is C23H19ClN4O3. The average Bonchev–Trinajstić information content (AvgIpc) is 3.30. The molecule has 0 radical (unpaired) electrons. The molecule has 1 aromatic heterocycles. The van der Waals surface area contributed by atoms with Crippen molar-refractivity contribution in [3.05, 3.63) is 88.8 Å². The molecule has 1 saturated heterocycles. The SMILES string of the molecule is Cc1ccc(NC(=O)CN2C(=O)N/C(=C/c3cccn3-c3ccc(Cl)cc3)C2=O)cc1. The van der Waals surface area contributed by atoms with E-state index < -0.39 is 17.8 Å². The Kier molecular flexibility index (Phi) is 5.60. The van der Waals surface area contributed by atoms with Gasteiger partial charge in [-0.1, -0.05) is 29.3 Å². The van der Waals surface area contributed by atoms with Gasteiger partial charge in [0.1, 0.15) is 12.2 Å². The lowest BCUT2D eigenvalue weighted by molar-refractivity contribution is -0.127. The van der Waals surface area contributed by atoms with Crippen LogP contribution in [0.15, 0.2) is 72.6 Å². The summed E-state index contributed by atoms with van der Waals surface area (Å²) >= 11 is 5.95. The van der Waals surface area contributed by atoms with Gasteiger partial charge in [0.15, 0.2) is 0 Å². The number of benzene rings is 2. The lowest BCUT2D eigenvalue weighted by atomic mass is 10.2. The Morgan fingerprint density at radius 2 is 1.77 bits per heavy atom. The fourth-order valence-corrected chi connectivity index (χ4v) is 3.32. The lowest BCUT2D eigenvalue weighted by Gasteiger charge is -2.12. The van der Waals surface area contributed by atoms with Gasteiger partial charge in [0.05, 0.1) is 0 Å². The first-order chi connectivity index (χ1) is 14.9. The second-order valence-electron chi connectivity index (χ2n) is 7.07. The quantitative estimate of drug-likeness (QED) is 0.470. The van der Waals surface area contributed by atoms with Crippen LogP contribution in [0.4, 0.5) is 10.5 Å². The number of hydrogen-bond acceptors (Lipinski definition) is 3. The highest BCUT2D eigenvalue weighted by Gasteiger charge is 2.35. The topological polar surface area (TPSA) is 83.4 Å². The minimum Gasteiger partial charge on any atom is -0.325 e. The molecule has 0 atom stereocenters. The van der Waals surface area contributed by atoms with Crippen molar-refractivity contribution in [1.29, 1.82) is 0 Å². The Balaban J connectivity index is 1.49. The van der Waals surface area contributed by atoms with E-state index in [1.165, 1.54) is 0 Å². The first kappa shape index (κ1) is 20.4. The van der Waals surface area contributed by atoms with Crippen LogP contribution in [-0.4, -0.2) is 33.9 Å². The van der Waals surface area contributed by atoms with Crippen LogP contribution in [0.3, 0.4) is 0 Å². The fourth-order valence-electron chi connectivity index (χ4n) is 3.19. The van der Waals surface area contributed by atoms with Crippen LogP contribution in [0.5, 0.6) is 0 Å². The summed E-state index contributed by atoms with van der Waals surface area (Å²) in [5.41, 5.74) is 3.30. The number of halogens is 1. The number of urea groups is 1. The van der Waals surface area contributed by atoms with Gasteiger partial charge in [-0.3, -0.25) is 9.59 Å². The second kappa shape index (κ2) is 8.49. The number of amides is 4. The predicted molar refractivity (Wildman–Crippen MR) is 119 cm³/mol. The number of carbonyl (C=O) groups is 3. The number of aromatic nitrogens is 1. The predicted octanol–water partition coefficient (Wildman–Crippen LogP) is 3.97. The molecular weight excluding hydrogens is 416 g/mol. The molecule has 2 aromatic carbocycles. The van der Waals surface area contributed by atoms with Crippen LogP contribution >= 0.6 is 11.6 Å². The molecule has 1 aliphatic heterocycles. The van der Waals surface area contributed by atoms with E-state index >= 15 is 0 Å². The molecule has 2 N–H and O–H groups in total. The van der Waals surface area contributed by atoms with E-state index in [0.29, 0.717) is 16.4 Å². The summed E-state index contributed by atoms with van der Waals surface area (Å²) in [6.45, 7) is 1.56. The molecule has 7 nitrogen and oxygen atoms in total. The van der Waals surface area contributed by atoms with Crippen molar-refractivity contribution >= 4 is 41.2 Å². The average molecular weight is 435 g/mol. The maximum absolute atomic E-state index is 12.7. The minimum atomic E-state index is -0.639. The summed E-state index contributed by atoms with van der Waals surface area (Å²) in [6, 6.07) is 17.5. The van der Waals surface area contributed by atoms with Gasteiger partial charge in [0.25, 0.3) is 5.91 Å². The first-order valence-corrected chi connectivity index (χ1v) is 9.93. The summed E-state index contributed by atoms with van der Waals surface area (Å²) in [4.78, 5) is 38.2. The zero-order chi connectivity index (χ0) is 22.0. The van der Waals surface area contributed by atoms with Gasteiger partial charge in [0.2, 0.25) is 5.91 Å². The first-order valence-electron chi connectivity index (χ1n) is 9.55. The Morgan fingerprint density at radius 3 is 2.48 bits per heavy atom. The maximum Gasteiger partial charge on any atom is 0.329 e. The van der Waals surface area contributed by atoms with Crippen molar-refractivity contribution in [2.24, 2.45) is 0 Å². The molecule has 4 amide bonds. The summed E-state index contributed by atoms with van der Waals surface area (Å²) in [6.07, 6.45) is 3.41. The monoisotopic (exact) mass is 434 g/mol. The molecule has 8 heteroatoms. The zero-order valence-electron chi connectivity index (χ0n) is 16.6. The van der Waals surface area contributed by atoms with Crippen LogP contribution in [-0.2, 0) is 9.59 Å². The summed E-state index contributed by atoms with van der Waals surface area (Å²) in [7, 11) is 0. The Morgan fingerprint density at radius 1 is 1.06 bits per heavy atom. The van der Waals surface area contributed by atoms with Gasteiger partial charge in [-0.15, -0.1) is 0 Å². The van der Waals surface area contributed by atoms with Crippen molar-refractivity contribution in [3.8, 4) is 5.69 Å². The van der Waals surface area contributed by atoms with Crippen molar-refractivity contribution in [2.45, 2.75) is 6.92 Å². The Labute approximate surface area is 183 Å². The fraction of sp³-hybridized carbons (Fsp3) is 0.0870. The number of aryl methyl sites for hydroxylation is 1. The molecule has 0 bridgehead atoms. The largest absolute Gasteiger partial charge is 0.329 e. The number of imide groups is 1. The van der Waals surface area contributed by atoms with E-state index in [0.717, 1.165) is 16.2 Å². The Hall–Kier alpha value is -3.84. The van der Waals surface area contributed by atoms with Crippen LogP contribution in [0.2, 0.25) is 5.02 Å². The van der Waals surface area contributed by atoms with Gasteiger partial charge in [-0.25, -0.2) is 9.69 Å². The Bertz CT molecular complexity index is 1180. The van der Waals surface area contributed by atoms with E-state index in [-0.39, 0.29) is 12.2 Å². The molecule has 3 aromatic rings. The van der Waals surface area contributed by atoms with Crippen molar-refractivity contribution in [2.75, 3.05) is 11.9 Å². The zero-order valence-corrected chi connectivity index (χ0v) is 17.4. The van der Waals surface area contributed by atoms with Crippen LogP contribution in [0, 0.1) is 6.92 Å². The number of carbonyl (C=O) groups excluding carboxylic acids is 3. The highest BCUT2D eigenvalue weighted by molar-refractivity contribution is 6.30. The van der Waals surface area contributed by atoms with Crippen LogP contribution in [0.25, 0.3) is 11.8 Å². The molecule has 4 rings (SSSR count). The van der Waals surface area contributed by atoms with Crippen LogP contribution in [0.1, 0.15) is 11.3 Å². The number of nitrogens with one attached hydrogen (secondary N) is 2. The van der Waals surface area contributed by atoms with Gasteiger partial charge in [-0.2, -0.15) is 0 Å². The molecule has 31 heavy (non-hydrogen) atoms. The van der Waals surface area contributed by atoms with E-state index in [1.807, 2.05) is 54.1 Å². The normalized spacial score (nSPS) is 14.8. The van der Waals surface area contributed by atoms with Crippen molar-refractivity contribution in [1.82, 2.24) is 14.8 Å². The van der Waals surface area contributed by atoms with Gasteiger partial charge in [0, 0.05) is 28.3 Å². The van der Waals surface area contributed by atoms with Crippen molar-refractivity contribution in [3.63, 3.8) is 0 Å². The number of nitrogens with zero attached hydrogens (tertiary/aromatic N) is 2. The highest BCUT2D eigenvalue weighted by atomic mass is 35.5. The van der Waals surface area contributed by atoms with Crippen molar-refractivity contribution < 1.29 is 14.4 Å². The molecule has 1 aliphatic rings. The third kappa shape index (κ3) is 4.51. The molecule has 0 aliphatic carbocycles. The molecule has 156 valence electrons. The van der Waals surface area contributed by atoms with E-state index in [2.05, 4.69) is 10.6 Å². The molecule has 0 saturated carbocycles.